The van der Waals surface area contributed by atoms with Crippen molar-refractivity contribution in [1.29, 1.82) is 0 Å². The van der Waals surface area contributed by atoms with Gasteiger partial charge in [-0.2, -0.15) is 0 Å². The summed E-state index contributed by atoms with van der Waals surface area (Å²) in [6, 6.07) is 16.1. The zero-order chi connectivity index (χ0) is 25.3. The summed E-state index contributed by atoms with van der Waals surface area (Å²) in [5.41, 5.74) is 4.67. The predicted octanol–water partition coefficient (Wildman–Crippen LogP) is 5.49. The molecule has 1 atom stereocenters. The summed E-state index contributed by atoms with van der Waals surface area (Å²) < 4.78 is 7.23. The Kier molecular flexibility index (Phi) is 6.60. The van der Waals surface area contributed by atoms with Crippen LogP contribution in [0.2, 0.25) is 0 Å². The maximum atomic E-state index is 13.4. The van der Waals surface area contributed by atoms with Crippen molar-refractivity contribution in [2.24, 2.45) is 7.05 Å². The highest BCUT2D eigenvalue weighted by atomic mass is 16.5. The monoisotopic (exact) mass is 471 g/mol. The number of hydrogen-bond donors (Lipinski definition) is 2. The van der Waals surface area contributed by atoms with Crippen molar-refractivity contribution < 1.29 is 14.6 Å². The number of fused-ring (bicyclic) bond motifs is 1. The minimum atomic E-state index is -1.01. The molecule has 1 unspecified atom stereocenters. The molecular formula is C28H29N3O4. The van der Waals surface area contributed by atoms with Crippen molar-refractivity contribution in [3.8, 4) is 17.1 Å². The first kappa shape index (κ1) is 24.0. The Morgan fingerprint density at radius 2 is 1.89 bits per heavy atom. The lowest BCUT2D eigenvalue weighted by Crippen LogP contribution is -2.22. The van der Waals surface area contributed by atoms with E-state index in [0.29, 0.717) is 29.0 Å². The van der Waals surface area contributed by atoms with E-state index < -0.39 is 5.97 Å². The van der Waals surface area contributed by atoms with Gasteiger partial charge < -0.3 is 15.2 Å². The standard InChI is InChI=1S/C28H29N3O4/c1-6-35-24-12-11-19(15-17(24)3)26-30-25-21(13-16(2)14-22(25)27(32)31(26)5)18(4)29-23-10-8-7-9-20(23)28(33)34/h7-15,18,29H,6H2,1-5H3,(H,33,34). The van der Waals surface area contributed by atoms with Gasteiger partial charge in [0.05, 0.1) is 29.1 Å². The highest BCUT2D eigenvalue weighted by molar-refractivity contribution is 5.94. The molecule has 1 heterocycles. The lowest BCUT2D eigenvalue weighted by molar-refractivity contribution is 0.0698. The third-order valence-corrected chi connectivity index (χ3v) is 6.08. The number of carbonyl (C=O) groups is 1. The van der Waals surface area contributed by atoms with E-state index in [0.717, 1.165) is 28.0 Å². The third kappa shape index (κ3) is 4.62. The molecule has 1 aromatic heterocycles. The molecule has 4 aromatic rings. The number of aromatic carboxylic acids is 1. The largest absolute Gasteiger partial charge is 0.494 e. The van der Waals surface area contributed by atoms with E-state index in [1.165, 1.54) is 0 Å². The van der Waals surface area contributed by atoms with Crippen molar-refractivity contribution in [2.75, 3.05) is 11.9 Å². The average Bonchev–Trinajstić information content (AvgIpc) is 2.83. The zero-order valence-electron chi connectivity index (χ0n) is 20.5. The molecule has 0 aliphatic rings. The third-order valence-electron chi connectivity index (χ3n) is 6.08. The minimum absolute atomic E-state index is 0.139. The number of aromatic nitrogens is 2. The Balaban J connectivity index is 1.87. The van der Waals surface area contributed by atoms with Gasteiger partial charge in [-0.05, 0) is 75.2 Å². The number of carboxylic acids is 1. The van der Waals surface area contributed by atoms with Crippen LogP contribution in [0.5, 0.6) is 5.75 Å². The van der Waals surface area contributed by atoms with Crippen LogP contribution in [-0.2, 0) is 7.05 Å². The van der Waals surface area contributed by atoms with E-state index in [9.17, 15) is 14.7 Å². The van der Waals surface area contributed by atoms with Gasteiger partial charge in [-0.3, -0.25) is 9.36 Å². The second-order valence-electron chi connectivity index (χ2n) is 8.68. The van der Waals surface area contributed by atoms with E-state index in [1.807, 2.05) is 58.0 Å². The number of ether oxygens (including phenoxy) is 1. The molecule has 3 aromatic carbocycles. The molecule has 0 saturated heterocycles. The quantitative estimate of drug-likeness (QED) is 0.370. The Morgan fingerprint density at radius 3 is 2.57 bits per heavy atom. The molecule has 0 bridgehead atoms. The van der Waals surface area contributed by atoms with E-state index in [-0.39, 0.29) is 17.2 Å². The summed E-state index contributed by atoms with van der Waals surface area (Å²) in [6.45, 7) is 8.35. The molecule has 0 fully saturated rings. The summed E-state index contributed by atoms with van der Waals surface area (Å²) in [4.78, 5) is 30.0. The summed E-state index contributed by atoms with van der Waals surface area (Å²) in [5, 5.41) is 13.4. The molecular weight excluding hydrogens is 442 g/mol. The normalized spacial score (nSPS) is 11.9. The average molecular weight is 472 g/mol. The lowest BCUT2D eigenvalue weighted by Gasteiger charge is -2.20. The van der Waals surface area contributed by atoms with Crippen LogP contribution in [0.3, 0.4) is 0 Å². The molecule has 0 spiro atoms. The maximum Gasteiger partial charge on any atom is 0.337 e. The molecule has 2 N–H and O–H groups in total. The van der Waals surface area contributed by atoms with Gasteiger partial charge in [-0.25, -0.2) is 9.78 Å². The molecule has 180 valence electrons. The molecule has 7 heteroatoms. The van der Waals surface area contributed by atoms with Crippen LogP contribution in [0.25, 0.3) is 22.3 Å². The summed E-state index contributed by atoms with van der Waals surface area (Å²) in [6.07, 6.45) is 0. The van der Waals surface area contributed by atoms with E-state index in [1.54, 1.807) is 35.9 Å². The number of aryl methyl sites for hydroxylation is 2. The predicted molar refractivity (Wildman–Crippen MR) is 139 cm³/mol. The van der Waals surface area contributed by atoms with Crippen LogP contribution < -0.4 is 15.6 Å². The van der Waals surface area contributed by atoms with E-state index in [2.05, 4.69) is 5.32 Å². The van der Waals surface area contributed by atoms with Gasteiger partial charge in [0.25, 0.3) is 5.56 Å². The molecule has 0 aliphatic heterocycles. The number of nitrogens with one attached hydrogen (secondary N) is 1. The summed E-state index contributed by atoms with van der Waals surface area (Å²) >= 11 is 0. The van der Waals surface area contributed by atoms with Gasteiger partial charge in [0.1, 0.15) is 11.6 Å². The maximum absolute atomic E-state index is 13.4. The molecule has 7 nitrogen and oxygen atoms in total. The second-order valence-corrected chi connectivity index (χ2v) is 8.68. The fourth-order valence-corrected chi connectivity index (χ4v) is 4.35. The van der Waals surface area contributed by atoms with Crippen LogP contribution in [0.1, 0.15) is 46.9 Å². The summed E-state index contributed by atoms with van der Waals surface area (Å²) in [7, 11) is 1.72. The van der Waals surface area contributed by atoms with Crippen LogP contribution in [0.15, 0.2) is 59.4 Å². The Morgan fingerprint density at radius 1 is 1.14 bits per heavy atom. The first-order valence-corrected chi connectivity index (χ1v) is 11.5. The number of para-hydroxylation sites is 1. The Bertz CT molecular complexity index is 1490. The fourth-order valence-electron chi connectivity index (χ4n) is 4.35. The van der Waals surface area contributed by atoms with Gasteiger partial charge in [0.2, 0.25) is 0 Å². The number of benzene rings is 3. The molecule has 4 rings (SSSR count). The van der Waals surface area contributed by atoms with E-state index in [4.69, 9.17) is 9.72 Å². The molecule has 0 saturated carbocycles. The van der Waals surface area contributed by atoms with E-state index >= 15 is 0 Å². The highest BCUT2D eigenvalue weighted by Gasteiger charge is 2.19. The van der Waals surface area contributed by atoms with Crippen LogP contribution >= 0.6 is 0 Å². The topological polar surface area (TPSA) is 93.5 Å². The lowest BCUT2D eigenvalue weighted by atomic mass is 10.00. The van der Waals surface area contributed by atoms with Crippen molar-refractivity contribution in [2.45, 2.75) is 33.7 Å². The first-order valence-electron chi connectivity index (χ1n) is 11.5. The van der Waals surface area contributed by atoms with Gasteiger partial charge >= 0.3 is 5.97 Å². The minimum Gasteiger partial charge on any atom is -0.494 e. The van der Waals surface area contributed by atoms with Crippen molar-refractivity contribution >= 4 is 22.6 Å². The number of nitrogens with zero attached hydrogens (tertiary/aromatic N) is 2. The molecule has 35 heavy (non-hydrogen) atoms. The number of anilines is 1. The molecule has 0 amide bonds. The Labute approximate surface area is 204 Å². The summed E-state index contributed by atoms with van der Waals surface area (Å²) in [5.74, 6) is 0.347. The van der Waals surface area contributed by atoms with Gasteiger partial charge in [0.15, 0.2) is 0 Å². The molecule has 0 radical (unpaired) electrons. The van der Waals surface area contributed by atoms with Gasteiger partial charge in [-0.1, -0.05) is 18.2 Å². The first-order chi connectivity index (χ1) is 16.7. The van der Waals surface area contributed by atoms with Crippen LogP contribution in [0.4, 0.5) is 5.69 Å². The SMILES string of the molecule is CCOc1ccc(-c2nc3c(C(C)Nc4ccccc4C(=O)O)cc(C)cc3c(=O)n2C)cc1C. The smallest absolute Gasteiger partial charge is 0.337 e. The van der Waals surface area contributed by atoms with Crippen molar-refractivity contribution in [3.63, 3.8) is 0 Å². The second kappa shape index (κ2) is 9.62. The van der Waals surface area contributed by atoms with Crippen molar-refractivity contribution in [3.05, 3.63) is 87.2 Å². The zero-order valence-corrected chi connectivity index (χ0v) is 20.5. The van der Waals surface area contributed by atoms with Gasteiger partial charge in [0, 0.05) is 23.9 Å². The van der Waals surface area contributed by atoms with Crippen molar-refractivity contribution in [1.82, 2.24) is 9.55 Å². The number of hydrogen-bond acceptors (Lipinski definition) is 5. The highest BCUT2D eigenvalue weighted by Crippen LogP contribution is 2.30. The Hall–Kier alpha value is -4.13. The van der Waals surface area contributed by atoms with Crippen LogP contribution in [-0.4, -0.2) is 27.2 Å². The van der Waals surface area contributed by atoms with Gasteiger partial charge in [-0.15, -0.1) is 0 Å². The molecule has 0 aliphatic carbocycles. The fraction of sp³-hybridized carbons (Fsp3) is 0.250. The number of carboxylic acid groups (broad SMARTS) is 1. The van der Waals surface area contributed by atoms with Crippen LogP contribution in [0, 0.1) is 13.8 Å². The number of rotatable bonds is 7.